The van der Waals surface area contributed by atoms with E-state index in [4.69, 9.17) is 0 Å². The first-order valence-corrected chi connectivity index (χ1v) is 6.05. The molecule has 0 aromatic carbocycles. The Morgan fingerprint density at radius 1 is 1.35 bits per heavy atom. The Kier molecular flexibility index (Phi) is 3.42. The second-order valence-electron chi connectivity index (χ2n) is 3.90. The van der Waals surface area contributed by atoms with Crippen LogP contribution in [0.3, 0.4) is 0 Å². The van der Waals surface area contributed by atoms with E-state index >= 15 is 0 Å². The topological polar surface area (TPSA) is 30.0 Å². The van der Waals surface area contributed by atoms with E-state index in [1.807, 2.05) is 0 Å². The highest BCUT2D eigenvalue weighted by Gasteiger charge is 2.31. The van der Waals surface area contributed by atoms with E-state index in [1.54, 1.807) is 0 Å². The largest absolute Gasteiger partial charge is 0.417 e. The molecule has 2 rings (SSSR count). The van der Waals surface area contributed by atoms with E-state index in [0.717, 1.165) is 18.7 Å². The minimum atomic E-state index is -4.35. The Morgan fingerprint density at radius 3 is 2.59 bits per heavy atom. The zero-order valence-electron chi connectivity index (χ0n) is 8.83. The molecule has 1 aliphatic rings. The zero-order valence-corrected chi connectivity index (χ0v) is 9.64. The van der Waals surface area contributed by atoms with Crippen LogP contribution in [0.25, 0.3) is 0 Å². The fraction of sp³-hybridized carbons (Fsp3) is 0.455. The van der Waals surface area contributed by atoms with Crippen LogP contribution in [0.5, 0.6) is 0 Å². The third-order valence-electron chi connectivity index (χ3n) is 2.55. The van der Waals surface area contributed by atoms with Crippen molar-refractivity contribution in [2.24, 2.45) is 0 Å². The van der Waals surface area contributed by atoms with Gasteiger partial charge in [0.1, 0.15) is 5.78 Å². The molecule has 0 saturated heterocycles. The molecule has 2 nitrogen and oxygen atoms in total. The lowest BCUT2D eigenvalue weighted by Gasteiger charge is -2.09. The SMILES string of the molecule is O=C1CCC(Sc2ccc(C(F)(F)F)cn2)C1. The van der Waals surface area contributed by atoms with Gasteiger partial charge in [0.05, 0.1) is 10.6 Å². The number of ketones is 1. The number of hydrogen-bond acceptors (Lipinski definition) is 3. The maximum absolute atomic E-state index is 12.3. The van der Waals surface area contributed by atoms with E-state index in [-0.39, 0.29) is 11.0 Å². The maximum Gasteiger partial charge on any atom is 0.417 e. The predicted molar refractivity (Wildman–Crippen MR) is 57.7 cm³/mol. The minimum Gasteiger partial charge on any atom is -0.300 e. The van der Waals surface area contributed by atoms with Crippen molar-refractivity contribution in [1.82, 2.24) is 4.98 Å². The number of Topliss-reactive ketones (excluding diaryl/α,β-unsaturated/α-hetero) is 1. The lowest BCUT2D eigenvalue weighted by Crippen LogP contribution is -2.05. The Morgan fingerprint density at radius 2 is 2.12 bits per heavy atom. The molecule has 1 aromatic rings. The summed E-state index contributed by atoms with van der Waals surface area (Å²) in [5, 5.41) is 0.699. The van der Waals surface area contributed by atoms with Crippen LogP contribution in [0, 0.1) is 0 Å². The predicted octanol–water partition coefficient (Wildman–Crippen LogP) is 3.31. The van der Waals surface area contributed by atoms with Crippen LogP contribution < -0.4 is 0 Å². The second-order valence-corrected chi connectivity index (χ2v) is 5.22. The number of halogens is 3. The van der Waals surface area contributed by atoms with Gasteiger partial charge in [-0.25, -0.2) is 4.98 Å². The zero-order chi connectivity index (χ0) is 12.5. The van der Waals surface area contributed by atoms with Crippen LogP contribution in [-0.2, 0) is 11.0 Å². The monoisotopic (exact) mass is 261 g/mol. The number of carbonyl (C=O) groups excluding carboxylic acids is 1. The van der Waals surface area contributed by atoms with E-state index in [2.05, 4.69) is 4.98 Å². The van der Waals surface area contributed by atoms with Crippen molar-refractivity contribution in [3.05, 3.63) is 23.9 Å². The molecule has 1 fully saturated rings. The molecule has 1 heterocycles. The fourth-order valence-corrected chi connectivity index (χ4v) is 2.78. The first-order chi connectivity index (χ1) is 7.95. The van der Waals surface area contributed by atoms with Crippen LogP contribution in [0.2, 0.25) is 0 Å². The van der Waals surface area contributed by atoms with E-state index < -0.39 is 11.7 Å². The van der Waals surface area contributed by atoms with Crippen molar-refractivity contribution in [2.75, 3.05) is 0 Å². The summed E-state index contributed by atoms with van der Waals surface area (Å²) >= 11 is 1.37. The molecule has 0 bridgehead atoms. The molecule has 1 saturated carbocycles. The van der Waals surface area contributed by atoms with Gasteiger partial charge >= 0.3 is 6.18 Å². The molecule has 1 unspecified atom stereocenters. The van der Waals surface area contributed by atoms with Crippen molar-refractivity contribution in [3.63, 3.8) is 0 Å². The van der Waals surface area contributed by atoms with Gasteiger partial charge in [0, 0.05) is 24.3 Å². The van der Waals surface area contributed by atoms with Crippen molar-refractivity contribution in [2.45, 2.75) is 35.7 Å². The highest BCUT2D eigenvalue weighted by Crippen LogP contribution is 2.34. The van der Waals surface area contributed by atoms with Crippen LogP contribution in [0.15, 0.2) is 23.4 Å². The summed E-state index contributed by atoms with van der Waals surface area (Å²) in [6.07, 6.45) is -1.67. The summed E-state index contributed by atoms with van der Waals surface area (Å²) < 4.78 is 36.9. The van der Waals surface area contributed by atoms with Gasteiger partial charge in [-0.05, 0) is 18.6 Å². The molecule has 0 radical (unpaired) electrons. The first kappa shape index (κ1) is 12.4. The molecular weight excluding hydrogens is 251 g/mol. The average Bonchev–Trinajstić information content (AvgIpc) is 2.63. The summed E-state index contributed by atoms with van der Waals surface area (Å²) in [5.41, 5.74) is -0.746. The first-order valence-electron chi connectivity index (χ1n) is 5.17. The highest BCUT2D eigenvalue weighted by molar-refractivity contribution is 7.99. The van der Waals surface area contributed by atoms with E-state index in [9.17, 15) is 18.0 Å². The fourth-order valence-electron chi connectivity index (χ4n) is 1.67. The van der Waals surface area contributed by atoms with Gasteiger partial charge < -0.3 is 0 Å². The van der Waals surface area contributed by atoms with Crippen LogP contribution in [-0.4, -0.2) is 16.0 Å². The van der Waals surface area contributed by atoms with Gasteiger partial charge in [-0.15, -0.1) is 11.8 Å². The average molecular weight is 261 g/mol. The Hall–Kier alpha value is -1.04. The Balaban J connectivity index is 2.01. The quantitative estimate of drug-likeness (QED) is 0.818. The van der Waals surface area contributed by atoms with Gasteiger partial charge in [-0.2, -0.15) is 13.2 Å². The summed E-state index contributed by atoms with van der Waals surface area (Å²) in [6, 6.07) is 2.38. The molecule has 17 heavy (non-hydrogen) atoms. The second kappa shape index (κ2) is 4.68. The molecule has 0 spiro atoms. The summed E-state index contributed by atoms with van der Waals surface area (Å²) in [4.78, 5) is 14.8. The van der Waals surface area contributed by atoms with Gasteiger partial charge in [-0.1, -0.05) is 0 Å². The number of hydrogen-bond donors (Lipinski definition) is 0. The van der Waals surface area contributed by atoms with E-state index in [0.29, 0.717) is 17.9 Å². The molecule has 0 N–H and O–H groups in total. The Labute approximate surface area is 101 Å². The summed E-state index contributed by atoms with van der Waals surface area (Å²) in [6.45, 7) is 0. The van der Waals surface area contributed by atoms with Crippen molar-refractivity contribution >= 4 is 17.5 Å². The number of rotatable bonds is 2. The number of carbonyl (C=O) groups is 1. The molecule has 1 aromatic heterocycles. The molecule has 0 aliphatic heterocycles. The molecule has 1 aliphatic carbocycles. The number of thioether (sulfide) groups is 1. The van der Waals surface area contributed by atoms with Gasteiger partial charge in [0.25, 0.3) is 0 Å². The number of nitrogens with zero attached hydrogens (tertiary/aromatic N) is 1. The molecule has 1 atom stereocenters. The Bertz CT molecular complexity index is 416. The van der Waals surface area contributed by atoms with Crippen LogP contribution >= 0.6 is 11.8 Å². The minimum absolute atomic E-state index is 0.159. The molecule has 0 amide bonds. The summed E-state index contributed by atoms with van der Waals surface area (Å²) in [5.74, 6) is 0.217. The third-order valence-corrected chi connectivity index (χ3v) is 3.77. The van der Waals surface area contributed by atoms with Gasteiger partial charge in [0.15, 0.2) is 0 Å². The molecular formula is C11H10F3NOS. The normalized spacial score (nSPS) is 20.9. The van der Waals surface area contributed by atoms with Crippen LogP contribution in [0.4, 0.5) is 13.2 Å². The molecule has 6 heteroatoms. The maximum atomic E-state index is 12.3. The van der Waals surface area contributed by atoms with Crippen molar-refractivity contribution < 1.29 is 18.0 Å². The molecule has 92 valence electrons. The van der Waals surface area contributed by atoms with Gasteiger partial charge in [0.2, 0.25) is 0 Å². The number of aromatic nitrogens is 1. The van der Waals surface area contributed by atoms with E-state index in [1.165, 1.54) is 17.8 Å². The number of alkyl halides is 3. The van der Waals surface area contributed by atoms with Crippen LogP contribution in [0.1, 0.15) is 24.8 Å². The number of pyridine rings is 1. The third kappa shape index (κ3) is 3.21. The lowest BCUT2D eigenvalue weighted by atomic mass is 10.3. The van der Waals surface area contributed by atoms with Crippen molar-refractivity contribution in [3.8, 4) is 0 Å². The standard InChI is InChI=1S/C11H10F3NOS/c12-11(13,14)7-1-4-10(15-6-7)17-9-3-2-8(16)5-9/h1,4,6,9H,2-3,5H2. The summed E-state index contributed by atoms with van der Waals surface area (Å²) in [7, 11) is 0. The van der Waals surface area contributed by atoms with Gasteiger partial charge in [-0.3, -0.25) is 4.79 Å². The van der Waals surface area contributed by atoms with Crippen molar-refractivity contribution in [1.29, 1.82) is 0 Å². The highest BCUT2D eigenvalue weighted by atomic mass is 32.2. The lowest BCUT2D eigenvalue weighted by molar-refractivity contribution is -0.137. The smallest absolute Gasteiger partial charge is 0.300 e.